The van der Waals surface area contributed by atoms with Gasteiger partial charge in [0.15, 0.2) is 11.9 Å². The molecule has 3 amide bonds. The first-order chi connectivity index (χ1) is 22.1. The largest absolute Gasteiger partial charge is 0.448 e. The molecular weight excluding hydrogens is 606 g/mol. The number of carbonyl (C=O) groups is 4. The number of allylic oxidation sites excluding steroid dienone is 1. The van der Waals surface area contributed by atoms with Gasteiger partial charge in [0.25, 0.3) is 11.8 Å². The van der Waals surface area contributed by atoms with Gasteiger partial charge in [0.2, 0.25) is 0 Å². The molecule has 2 aromatic carbocycles. The molecule has 6 rings (SSSR count). The van der Waals surface area contributed by atoms with Crippen molar-refractivity contribution in [1.29, 1.82) is 0 Å². The van der Waals surface area contributed by atoms with E-state index in [2.05, 4.69) is 15.3 Å². The van der Waals surface area contributed by atoms with E-state index in [-0.39, 0.29) is 11.6 Å². The number of amides is 3. The van der Waals surface area contributed by atoms with Crippen molar-refractivity contribution in [2.45, 2.75) is 50.3 Å². The summed E-state index contributed by atoms with van der Waals surface area (Å²) >= 11 is 1.38. The molecule has 46 heavy (non-hydrogen) atoms. The fourth-order valence-corrected chi connectivity index (χ4v) is 6.84. The van der Waals surface area contributed by atoms with Crippen LogP contribution >= 0.6 is 11.8 Å². The average Bonchev–Trinajstić information content (AvgIpc) is 3.41. The van der Waals surface area contributed by atoms with Gasteiger partial charge in [-0.2, -0.15) is 0 Å². The molecule has 2 fully saturated rings. The van der Waals surface area contributed by atoms with Gasteiger partial charge in [-0.3, -0.25) is 24.4 Å². The summed E-state index contributed by atoms with van der Waals surface area (Å²) in [7, 11) is 0. The summed E-state index contributed by atoms with van der Waals surface area (Å²) in [4.78, 5) is 65.0. The molecule has 0 aliphatic carbocycles. The van der Waals surface area contributed by atoms with Gasteiger partial charge in [0.05, 0.1) is 6.20 Å². The summed E-state index contributed by atoms with van der Waals surface area (Å²) in [5.41, 5.74) is 1.78. The lowest BCUT2D eigenvalue weighted by molar-refractivity contribution is -0.153. The average molecular weight is 640 g/mol. The van der Waals surface area contributed by atoms with E-state index >= 15 is 0 Å². The molecule has 2 saturated heterocycles. The van der Waals surface area contributed by atoms with Crippen LogP contribution in [0.1, 0.15) is 44.4 Å². The number of fused-ring (bicyclic) bond motifs is 1. The number of nitrogens with zero attached hydrogens (tertiary/aromatic N) is 4. The minimum Gasteiger partial charge on any atom is -0.448 e. The Morgan fingerprint density at radius 1 is 1.02 bits per heavy atom. The maximum Gasteiger partial charge on any atom is 0.408 e. The van der Waals surface area contributed by atoms with Crippen molar-refractivity contribution >= 4 is 41.5 Å². The van der Waals surface area contributed by atoms with Gasteiger partial charge in [-0.05, 0) is 50.0 Å². The fourth-order valence-electron chi connectivity index (χ4n) is 5.53. The topological polar surface area (TPSA) is 131 Å². The van der Waals surface area contributed by atoms with E-state index < -0.39 is 41.1 Å². The van der Waals surface area contributed by atoms with Crippen LogP contribution in [0.15, 0.2) is 102 Å². The summed E-state index contributed by atoms with van der Waals surface area (Å²) < 4.78 is 11.6. The number of carbonyl (C=O) groups excluding carboxylic acids is 4. The molecule has 1 aromatic heterocycles. The third kappa shape index (κ3) is 6.38. The monoisotopic (exact) mass is 639 g/mol. The summed E-state index contributed by atoms with van der Waals surface area (Å²) in [6.07, 6.45) is 5.20. The molecule has 2 atom stereocenters. The minimum absolute atomic E-state index is 0.0473. The number of ether oxygens (including phenoxy) is 2. The number of benzene rings is 2. The zero-order valence-corrected chi connectivity index (χ0v) is 26.4. The second kappa shape index (κ2) is 12.8. The number of anilines is 1. The van der Waals surface area contributed by atoms with Crippen LogP contribution in [0.3, 0.4) is 0 Å². The standard InChI is InChI=1S/C34H33N5O6S/c1-34(2,3)45-33(43)37-26-30(41)39-27(32(42)44-28(21-10-6-4-7-11-21)22-12-8-5-9-13-22)24(20-46-31(26)39)18-23-14-17-38(29(23)40)25-19-35-15-16-36-25/h4-13,15-16,18-19,26,28,31H,14,17,20H2,1-3H3,(H,37,43)/b23-18+/t26-,31-/m1/s1. The molecule has 11 nitrogen and oxygen atoms in total. The van der Waals surface area contributed by atoms with Crippen molar-refractivity contribution < 1.29 is 28.7 Å². The molecule has 3 aliphatic heterocycles. The third-order valence-corrected chi connectivity index (χ3v) is 8.89. The molecular formula is C34H33N5O6S. The van der Waals surface area contributed by atoms with E-state index in [1.807, 2.05) is 60.7 Å². The van der Waals surface area contributed by atoms with E-state index in [0.29, 0.717) is 35.7 Å². The number of esters is 1. The molecule has 0 unspecified atom stereocenters. The van der Waals surface area contributed by atoms with Crippen LogP contribution in [0.4, 0.5) is 10.6 Å². The Labute approximate surface area is 270 Å². The number of β-lactam (4-membered cyclic amide) rings is 1. The Morgan fingerprint density at radius 2 is 1.70 bits per heavy atom. The Hall–Kier alpha value is -4.97. The van der Waals surface area contributed by atoms with Crippen LogP contribution in [-0.2, 0) is 23.9 Å². The normalized spacial score (nSPS) is 20.5. The van der Waals surface area contributed by atoms with E-state index in [4.69, 9.17) is 9.47 Å². The van der Waals surface area contributed by atoms with Gasteiger partial charge in [-0.25, -0.2) is 14.6 Å². The molecule has 0 bridgehead atoms. The van der Waals surface area contributed by atoms with Gasteiger partial charge in [-0.15, -0.1) is 11.8 Å². The second-order valence-electron chi connectivity index (χ2n) is 12.0. The first-order valence-corrected chi connectivity index (χ1v) is 15.9. The van der Waals surface area contributed by atoms with Crippen molar-refractivity contribution in [1.82, 2.24) is 20.2 Å². The minimum atomic E-state index is -0.892. The van der Waals surface area contributed by atoms with Gasteiger partial charge in [0, 0.05) is 30.3 Å². The molecule has 4 heterocycles. The summed E-state index contributed by atoms with van der Waals surface area (Å²) in [6, 6.07) is 17.8. The van der Waals surface area contributed by atoms with E-state index in [1.54, 1.807) is 26.8 Å². The molecule has 0 spiro atoms. The Bertz CT molecular complexity index is 1670. The van der Waals surface area contributed by atoms with Gasteiger partial charge in [-0.1, -0.05) is 60.7 Å². The molecule has 3 aliphatic rings. The number of rotatable bonds is 7. The van der Waals surface area contributed by atoms with Gasteiger partial charge >= 0.3 is 12.1 Å². The third-order valence-electron chi connectivity index (χ3n) is 7.59. The lowest BCUT2D eigenvalue weighted by Crippen LogP contribution is -2.70. The Balaban J connectivity index is 1.34. The van der Waals surface area contributed by atoms with Crippen molar-refractivity contribution in [2.24, 2.45) is 0 Å². The Morgan fingerprint density at radius 3 is 2.30 bits per heavy atom. The zero-order valence-electron chi connectivity index (χ0n) is 25.6. The Kier molecular flexibility index (Phi) is 8.63. The summed E-state index contributed by atoms with van der Waals surface area (Å²) in [5, 5.41) is 2.09. The van der Waals surface area contributed by atoms with Crippen molar-refractivity contribution in [2.75, 3.05) is 17.2 Å². The number of hydrogen-bond donors (Lipinski definition) is 1. The number of nitrogens with one attached hydrogen (secondary N) is 1. The van der Waals surface area contributed by atoms with E-state index in [0.717, 1.165) is 11.1 Å². The highest BCUT2D eigenvalue weighted by atomic mass is 32.2. The summed E-state index contributed by atoms with van der Waals surface area (Å²) in [6.45, 7) is 5.61. The summed E-state index contributed by atoms with van der Waals surface area (Å²) in [5.74, 6) is -0.700. The van der Waals surface area contributed by atoms with Crippen LogP contribution < -0.4 is 10.2 Å². The van der Waals surface area contributed by atoms with Crippen LogP contribution in [0, 0.1) is 0 Å². The lowest BCUT2D eigenvalue weighted by atomic mass is 10.00. The van der Waals surface area contributed by atoms with E-state index in [9.17, 15) is 19.2 Å². The van der Waals surface area contributed by atoms with Crippen LogP contribution in [0.5, 0.6) is 0 Å². The van der Waals surface area contributed by atoms with Crippen molar-refractivity contribution in [3.05, 3.63) is 113 Å². The van der Waals surface area contributed by atoms with Gasteiger partial charge in [0.1, 0.15) is 22.7 Å². The molecule has 0 radical (unpaired) electrons. The maximum atomic E-state index is 14.2. The predicted molar refractivity (Wildman–Crippen MR) is 171 cm³/mol. The maximum absolute atomic E-state index is 14.2. The fraction of sp³-hybridized carbons (Fsp3) is 0.294. The first-order valence-electron chi connectivity index (χ1n) is 14.9. The lowest BCUT2D eigenvalue weighted by Gasteiger charge is -2.49. The van der Waals surface area contributed by atoms with Crippen molar-refractivity contribution in [3.8, 4) is 0 Å². The molecule has 236 valence electrons. The van der Waals surface area contributed by atoms with Crippen LogP contribution in [-0.4, -0.2) is 68.1 Å². The second-order valence-corrected chi connectivity index (χ2v) is 13.1. The molecule has 3 aromatic rings. The quantitative estimate of drug-likeness (QED) is 0.225. The zero-order chi connectivity index (χ0) is 32.4. The SMILES string of the molecule is CC(C)(C)OC(=O)N[C@@H]1C(=O)N2C(C(=O)OC(c3ccccc3)c3ccccc3)=C(/C=C3\CCN(c4cnccn4)C3=O)CS[C@H]12. The van der Waals surface area contributed by atoms with Crippen LogP contribution in [0.2, 0.25) is 0 Å². The predicted octanol–water partition coefficient (Wildman–Crippen LogP) is 4.54. The van der Waals surface area contributed by atoms with Gasteiger partial charge < -0.3 is 14.8 Å². The number of alkyl carbamates (subject to hydrolysis) is 1. The number of aromatic nitrogens is 2. The smallest absolute Gasteiger partial charge is 0.408 e. The highest BCUT2D eigenvalue weighted by molar-refractivity contribution is 8.00. The number of thioether (sulfide) groups is 1. The molecule has 1 N–H and O–H groups in total. The first kappa shape index (κ1) is 31.0. The highest BCUT2D eigenvalue weighted by Gasteiger charge is 2.55. The van der Waals surface area contributed by atoms with E-state index in [1.165, 1.54) is 40.2 Å². The van der Waals surface area contributed by atoms with Crippen molar-refractivity contribution in [3.63, 3.8) is 0 Å². The van der Waals surface area contributed by atoms with Crippen LogP contribution in [0.25, 0.3) is 0 Å². The number of hydrogen-bond acceptors (Lipinski definition) is 9. The highest BCUT2D eigenvalue weighted by Crippen LogP contribution is 2.42. The molecule has 12 heteroatoms. The molecule has 0 saturated carbocycles.